The average molecular weight is 352 g/mol. The Morgan fingerprint density at radius 1 is 1.52 bits per heavy atom. The van der Waals surface area contributed by atoms with Crippen molar-refractivity contribution >= 4 is 33.6 Å². The number of anilines is 1. The number of carbonyl (C=O) groups is 1. The van der Waals surface area contributed by atoms with Gasteiger partial charge in [-0.3, -0.25) is 9.48 Å². The van der Waals surface area contributed by atoms with Crippen LogP contribution in [0.25, 0.3) is 6.08 Å². The Kier molecular flexibility index (Phi) is 4.90. The van der Waals surface area contributed by atoms with Crippen LogP contribution in [0.2, 0.25) is 0 Å². The van der Waals surface area contributed by atoms with Crippen molar-refractivity contribution in [3.05, 3.63) is 52.0 Å². The van der Waals surface area contributed by atoms with Gasteiger partial charge in [-0.25, -0.2) is 4.39 Å². The van der Waals surface area contributed by atoms with Gasteiger partial charge < -0.3 is 5.32 Å². The molecule has 0 aliphatic rings. The van der Waals surface area contributed by atoms with Gasteiger partial charge in [-0.2, -0.15) is 5.10 Å². The maximum atomic E-state index is 13.6. The monoisotopic (exact) mass is 351 g/mol. The van der Waals surface area contributed by atoms with Gasteiger partial charge in [0.05, 0.1) is 11.9 Å². The van der Waals surface area contributed by atoms with Gasteiger partial charge in [0, 0.05) is 28.4 Å². The normalized spacial score (nSPS) is 11.0. The van der Waals surface area contributed by atoms with Gasteiger partial charge in [-0.05, 0) is 38.1 Å². The van der Waals surface area contributed by atoms with Crippen LogP contribution in [0.3, 0.4) is 0 Å². The second kappa shape index (κ2) is 6.67. The van der Waals surface area contributed by atoms with Crippen LogP contribution < -0.4 is 5.32 Å². The Hall–Kier alpha value is -1.95. The average Bonchev–Trinajstić information content (AvgIpc) is 2.80. The first kappa shape index (κ1) is 15.4. The minimum absolute atomic E-state index is 0.147. The number of nitrogens with one attached hydrogen (secondary N) is 1. The summed E-state index contributed by atoms with van der Waals surface area (Å²) < 4.78 is 16.1. The van der Waals surface area contributed by atoms with Gasteiger partial charge in [-0.15, -0.1) is 0 Å². The van der Waals surface area contributed by atoms with E-state index in [0.717, 1.165) is 17.8 Å². The summed E-state index contributed by atoms with van der Waals surface area (Å²) in [6.45, 7) is 4.70. The van der Waals surface area contributed by atoms with Crippen molar-refractivity contribution in [2.45, 2.75) is 20.4 Å². The fourth-order valence-electron chi connectivity index (χ4n) is 1.87. The molecular weight excluding hydrogens is 337 g/mol. The van der Waals surface area contributed by atoms with E-state index in [4.69, 9.17) is 0 Å². The summed E-state index contributed by atoms with van der Waals surface area (Å²) in [5.74, 6) is -0.874. The SMILES string of the molecule is CCn1ncc(/C=C/C(=O)Nc2ccc(Br)cc2F)c1C. The number of halogens is 2. The molecule has 1 heterocycles. The second-order valence-electron chi connectivity index (χ2n) is 4.45. The highest BCUT2D eigenvalue weighted by molar-refractivity contribution is 9.10. The summed E-state index contributed by atoms with van der Waals surface area (Å²) in [5.41, 5.74) is 1.99. The van der Waals surface area contributed by atoms with E-state index in [1.807, 2.05) is 18.5 Å². The molecule has 0 saturated carbocycles. The quantitative estimate of drug-likeness (QED) is 0.852. The van der Waals surface area contributed by atoms with Crippen molar-refractivity contribution in [3.63, 3.8) is 0 Å². The third-order valence-electron chi connectivity index (χ3n) is 3.04. The number of hydrogen-bond donors (Lipinski definition) is 1. The van der Waals surface area contributed by atoms with Crippen molar-refractivity contribution < 1.29 is 9.18 Å². The lowest BCUT2D eigenvalue weighted by Crippen LogP contribution is -2.09. The molecule has 2 aromatic rings. The molecule has 0 saturated heterocycles. The molecule has 0 radical (unpaired) electrons. The molecule has 1 N–H and O–H groups in total. The molecule has 0 aliphatic carbocycles. The van der Waals surface area contributed by atoms with Gasteiger partial charge in [0.25, 0.3) is 0 Å². The summed E-state index contributed by atoms with van der Waals surface area (Å²) >= 11 is 3.16. The molecule has 1 aromatic carbocycles. The van der Waals surface area contributed by atoms with Crippen molar-refractivity contribution in [2.24, 2.45) is 0 Å². The lowest BCUT2D eigenvalue weighted by molar-refractivity contribution is -0.111. The van der Waals surface area contributed by atoms with E-state index >= 15 is 0 Å². The molecule has 0 bridgehead atoms. The summed E-state index contributed by atoms with van der Waals surface area (Å²) in [6, 6.07) is 4.47. The van der Waals surface area contributed by atoms with Crippen LogP contribution in [0.15, 0.2) is 34.9 Å². The van der Waals surface area contributed by atoms with E-state index in [1.165, 1.54) is 18.2 Å². The van der Waals surface area contributed by atoms with Crippen molar-refractivity contribution in [1.82, 2.24) is 9.78 Å². The number of carbonyl (C=O) groups excluding carboxylic acids is 1. The van der Waals surface area contributed by atoms with Crippen LogP contribution in [0.1, 0.15) is 18.2 Å². The summed E-state index contributed by atoms with van der Waals surface area (Å²) in [7, 11) is 0. The largest absolute Gasteiger partial charge is 0.320 e. The smallest absolute Gasteiger partial charge is 0.248 e. The standard InChI is InChI=1S/C15H15BrFN3O/c1-3-20-10(2)11(9-18-20)4-7-15(21)19-14-6-5-12(16)8-13(14)17/h4-9H,3H2,1-2H3,(H,19,21)/b7-4+. The number of rotatable bonds is 4. The molecule has 0 aliphatic heterocycles. The number of hydrogen-bond acceptors (Lipinski definition) is 2. The van der Waals surface area contributed by atoms with Gasteiger partial charge >= 0.3 is 0 Å². The first-order valence-electron chi connectivity index (χ1n) is 6.47. The minimum Gasteiger partial charge on any atom is -0.320 e. The highest BCUT2D eigenvalue weighted by Gasteiger charge is 2.06. The second-order valence-corrected chi connectivity index (χ2v) is 5.36. The molecule has 0 unspecified atom stereocenters. The first-order valence-corrected chi connectivity index (χ1v) is 7.27. The van der Waals surface area contributed by atoms with Crippen molar-refractivity contribution in [3.8, 4) is 0 Å². The molecule has 4 nitrogen and oxygen atoms in total. The molecule has 110 valence electrons. The third-order valence-corrected chi connectivity index (χ3v) is 3.54. The fraction of sp³-hybridized carbons (Fsp3) is 0.200. The number of aromatic nitrogens is 2. The van der Waals surface area contributed by atoms with Crippen LogP contribution in [0.5, 0.6) is 0 Å². The molecule has 0 spiro atoms. The van der Waals surface area contributed by atoms with Crippen LogP contribution in [-0.2, 0) is 11.3 Å². The van der Waals surface area contributed by atoms with Gasteiger partial charge in [0.15, 0.2) is 0 Å². The summed E-state index contributed by atoms with van der Waals surface area (Å²) in [5, 5.41) is 6.69. The molecule has 1 aromatic heterocycles. The Balaban J connectivity index is 2.07. The summed E-state index contributed by atoms with van der Waals surface area (Å²) in [4.78, 5) is 11.8. The maximum absolute atomic E-state index is 13.6. The Labute approximate surface area is 130 Å². The highest BCUT2D eigenvalue weighted by atomic mass is 79.9. The fourth-order valence-corrected chi connectivity index (χ4v) is 2.21. The molecule has 0 fully saturated rings. The van der Waals surface area contributed by atoms with Gasteiger partial charge in [0.2, 0.25) is 5.91 Å². The van der Waals surface area contributed by atoms with Gasteiger partial charge in [0.1, 0.15) is 5.82 Å². The molecule has 2 rings (SSSR count). The number of nitrogens with zero attached hydrogens (tertiary/aromatic N) is 2. The molecular formula is C15H15BrFN3O. The number of aryl methyl sites for hydroxylation is 1. The zero-order valence-corrected chi connectivity index (χ0v) is 13.3. The molecule has 1 amide bonds. The predicted octanol–water partition coefficient (Wildman–Crippen LogP) is 3.76. The van der Waals surface area contributed by atoms with E-state index in [1.54, 1.807) is 18.3 Å². The van der Waals surface area contributed by atoms with E-state index in [9.17, 15) is 9.18 Å². The van der Waals surface area contributed by atoms with Crippen LogP contribution >= 0.6 is 15.9 Å². The van der Waals surface area contributed by atoms with E-state index in [2.05, 4.69) is 26.3 Å². The zero-order valence-electron chi connectivity index (χ0n) is 11.7. The lowest BCUT2D eigenvalue weighted by atomic mass is 10.2. The molecule has 6 heteroatoms. The number of benzene rings is 1. The van der Waals surface area contributed by atoms with Crippen molar-refractivity contribution in [1.29, 1.82) is 0 Å². The predicted molar refractivity (Wildman–Crippen MR) is 84.4 cm³/mol. The number of amides is 1. The summed E-state index contributed by atoms with van der Waals surface area (Å²) in [6.07, 6.45) is 4.73. The Morgan fingerprint density at radius 2 is 2.29 bits per heavy atom. The van der Waals surface area contributed by atoms with Crippen LogP contribution in [0, 0.1) is 12.7 Å². The molecule has 21 heavy (non-hydrogen) atoms. The lowest BCUT2D eigenvalue weighted by Gasteiger charge is -2.04. The molecule has 0 atom stereocenters. The topological polar surface area (TPSA) is 46.9 Å². The minimum atomic E-state index is -0.485. The van der Waals surface area contributed by atoms with Crippen LogP contribution in [-0.4, -0.2) is 15.7 Å². The van der Waals surface area contributed by atoms with E-state index in [-0.39, 0.29) is 11.6 Å². The van der Waals surface area contributed by atoms with Crippen molar-refractivity contribution in [2.75, 3.05) is 5.32 Å². The highest BCUT2D eigenvalue weighted by Crippen LogP contribution is 2.19. The third kappa shape index (κ3) is 3.78. The van der Waals surface area contributed by atoms with E-state index < -0.39 is 5.82 Å². The zero-order chi connectivity index (χ0) is 15.4. The van der Waals surface area contributed by atoms with E-state index in [0.29, 0.717) is 4.47 Å². The van der Waals surface area contributed by atoms with Gasteiger partial charge in [-0.1, -0.05) is 15.9 Å². The van der Waals surface area contributed by atoms with Crippen LogP contribution in [0.4, 0.5) is 10.1 Å². The Bertz CT molecular complexity index is 694. The first-order chi connectivity index (χ1) is 10.0. The Morgan fingerprint density at radius 3 is 2.90 bits per heavy atom. The maximum Gasteiger partial charge on any atom is 0.248 e.